The van der Waals surface area contributed by atoms with Gasteiger partial charge in [-0.05, 0) is 22.4 Å². The number of furan rings is 1. The zero-order valence-electron chi connectivity index (χ0n) is 9.00. The van der Waals surface area contributed by atoms with Crippen LogP contribution in [0.1, 0.15) is 30.3 Å². The third-order valence-electron chi connectivity index (χ3n) is 1.96. The predicted octanol–water partition coefficient (Wildman–Crippen LogP) is 2.50. The Labute approximate surface area is 112 Å². The van der Waals surface area contributed by atoms with Gasteiger partial charge in [-0.25, -0.2) is 8.42 Å². The molecule has 96 valence electrons. The first-order chi connectivity index (χ1) is 7.86. The molecule has 1 heterocycles. The van der Waals surface area contributed by atoms with Gasteiger partial charge in [0.15, 0.2) is 10.4 Å². The van der Waals surface area contributed by atoms with Crippen LogP contribution in [0.15, 0.2) is 20.0 Å². The van der Waals surface area contributed by atoms with E-state index in [0.717, 1.165) is 18.9 Å². The molecule has 0 atom stereocenters. The molecular formula is C9H11BrClNO4S. The monoisotopic (exact) mass is 343 g/mol. The summed E-state index contributed by atoms with van der Waals surface area (Å²) >= 11 is 2.89. The highest BCUT2D eigenvalue weighted by atomic mass is 79.9. The molecule has 0 aliphatic heterocycles. The summed E-state index contributed by atoms with van der Waals surface area (Å²) in [6.45, 7) is 2.50. The number of halogens is 2. The van der Waals surface area contributed by atoms with Crippen molar-refractivity contribution in [2.24, 2.45) is 0 Å². The number of nitrogens with one attached hydrogen (secondary N) is 1. The van der Waals surface area contributed by atoms with Crippen molar-refractivity contribution in [3.8, 4) is 0 Å². The van der Waals surface area contributed by atoms with Crippen molar-refractivity contribution in [1.82, 2.24) is 5.32 Å². The Bertz CT molecular complexity index is 511. The second kappa shape index (κ2) is 5.88. The summed E-state index contributed by atoms with van der Waals surface area (Å²) in [6, 6.07) is 1.09. The molecule has 0 aliphatic rings. The Balaban J connectivity index is 2.83. The summed E-state index contributed by atoms with van der Waals surface area (Å²) < 4.78 is 27.1. The lowest BCUT2D eigenvalue weighted by molar-refractivity contribution is 0.0924. The molecule has 1 aromatic heterocycles. The lowest BCUT2D eigenvalue weighted by Gasteiger charge is -2.00. The highest BCUT2D eigenvalue weighted by molar-refractivity contribution is 9.10. The Hall–Kier alpha value is -0.530. The largest absolute Gasteiger partial charge is 0.443 e. The van der Waals surface area contributed by atoms with E-state index in [1.165, 1.54) is 0 Å². The molecule has 17 heavy (non-hydrogen) atoms. The van der Waals surface area contributed by atoms with Gasteiger partial charge in [0.2, 0.25) is 0 Å². The highest BCUT2D eigenvalue weighted by Gasteiger charge is 2.22. The van der Waals surface area contributed by atoms with E-state index in [9.17, 15) is 13.2 Å². The highest BCUT2D eigenvalue weighted by Crippen LogP contribution is 2.28. The lowest BCUT2D eigenvalue weighted by atomic mass is 10.3. The maximum absolute atomic E-state index is 11.5. The summed E-state index contributed by atoms with van der Waals surface area (Å²) in [5.74, 6) is -0.557. The first-order valence-corrected chi connectivity index (χ1v) is 7.98. The van der Waals surface area contributed by atoms with E-state index in [0.29, 0.717) is 6.54 Å². The second-order valence-corrected chi connectivity index (χ2v) is 6.55. The normalized spacial score (nSPS) is 11.5. The van der Waals surface area contributed by atoms with Crippen LogP contribution in [-0.4, -0.2) is 20.9 Å². The third kappa shape index (κ3) is 4.01. The van der Waals surface area contributed by atoms with Gasteiger partial charge in [-0.1, -0.05) is 13.3 Å². The molecule has 1 aromatic rings. The van der Waals surface area contributed by atoms with Crippen LogP contribution >= 0.6 is 26.6 Å². The summed E-state index contributed by atoms with van der Waals surface area (Å²) in [5, 5.41) is 2.60. The average Bonchev–Trinajstić information content (AvgIpc) is 2.60. The summed E-state index contributed by atoms with van der Waals surface area (Å²) in [6.07, 6.45) is 1.79. The molecule has 0 saturated heterocycles. The fourth-order valence-corrected chi connectivity index (χ4v) is 3.13. The van der Waals surface area contributed by atoms with Crippen molar-refractivity contribution in [3.05, 3.63) is 16.5 Å². The maximum atomic E-state index is 11.5. The van der Waals surface area contributed by atoms with Crippen LogP contribution in [-0.2, 0) is 9.05 Å². The Kier molecular flexibility index (Phi) is 5.03. The standard InChI is InChI=1S/C9H11BrClNO4S/c1-2-3-4-12-9(13)6-5-7(8(10)16-6)17(11,14)15/h5H,2-4H2,1H3,(H,12,13). The average molecular weight is 345 g/mol. The minimum atomic E-state index is -3.92. The fraction of sp³-hybridized carbons (Fsp3) is 0.444. The molecule has 5 nitrogen and oxygen atoms in total. The number of amides is 1. The Morgan fingerprint density at radius 3 is 2.71 bits per heavy atom. The minimum Gasteiger partial charge on any atom is -0.443 e. The van der Waals surface area contributed by atoms with E-state index in [4.69, 9.17) is 15.1 Å². The number of carbonyl (C=O) groups is 1. The zero-order valence-corrected chi connectivity index (χ0v) is 12.2. The van der Waals surface area contributed by atoms with Gasteiger partial charge >= 0.3 is 0 Å². The molecule has 0 saturated carbocycles. The molecule has 1 rings (SSSR count). The molecule has 0 bridgehead atoms. The van der Waals surface area contributed by atoms with Crippen molar-refractivity contribution < 1.29 is 17.6 Å². The number of hydrogen-bond acceptors (Lipinski definition) is 4. The molecular weight excluding hydrogens is 334 g/mol. The second-order valence-electron chi connectivity index (χ2n) is 3.30. The molecule has 1 amide bonds. The van der Waals surface area contributed by atoms with Gasteiger partial charge in [0, 0.05) is 23.3 Å². The van der Waals surface area contributed by atoms with Crippen molar-refractivity contribution in [3.63, 3.8) is 0 Å². The van der Waals surface area contributed by atoms with Gasteiger partial charge in [-0.2, -0.15) is 0 Å². The van der Waals surface area contributed by atoms with E-state index in [-0.39, 0.29) is 15.3 Å². The third-order valence-corrected chi connectivity index (χ3v) is 4.14. The van der Waals surface area contributed by atoms with Crippen LogP contribution in [0.2, 0.25) is 0 Å². The Morgan fingerprint density at radius 2 is 2.24 bits per heavy atom. The van der Waals surface area contributed by atoms with Crippen LogP contribution in [0.3, 0.4) is 0 Å². The van der Waals surface area contributed by atoms with Gasteiger partial charge in [-0.15, -0.1) is 0 Å². The fourth-order valence-electron chi connectivity index (χ4n) is 1.10. The molecule has 0 unspecified atom stereocenters. The predicted molar refractivity (Wildman–Crippen MR) is 66.7 cm³/mol. The molecule has 0 aromatic carbocycles. The molecule has 0 radical (unpaired) electrons. The van der Waals surface area contributed by atoms with E-state index < -0.39 is 15.0 Å². The van der Waals surface area contributed by atoms with Crippen molar-refractivity contribution >= 4 is 41.6 Å². The van der Waals surface area contributed by atoms with Crippen molar-refractivity contribution in [2.75, 3.05) is 6.54 Å². The van der Waals surface area contributed by atoms with Crippen molar-refractivity contribution in [1.29, 1.82) is 0 Å². The van der Waals surface area contributed by atoms with E-state index in [2.05, 4.69) is 21.2 Å². The quantitative estimate of drug-likeness (QED) is 0.657. The Morgan fingerprint density at radius 1 is 1.59 bits per heavy atom. The summed E-state index contributed by atoms with van der Waals surface area (Å²) in [7, 11) is 1.24. The minimum absolute atomic E-state index is 0.0758. The molecule has 1 N–H and O–H groups in total. The van der Waals surface area contributed by atoms with Gasteiger partial charge in [0.05, 0.1) is 0 Å². The van der Waals surface area contributed by atoms with E-state index >= 15 is 0 Å². The SMILES string of the molecule is CCCCNC(=O)c1cc(S(=O)(=O)Cl)c(Br)o1. The van der Waals surface area contributed by atoms with Gasteiger partial charge in [0.25, 0.3) is 15.0 Å². The number of carbonyl (C=O) groups excluding carboxylic acids is 1. The maximum Gasteiger partial charge on any atom is 0.287 e. The summed E-state index contributed by atoms with van der Waals surface area (Å²) in [4.78, 5) is 11.3. The first kappa shape index (κ1) is 14.5. The number of hydrogen-bond donors (Lipinski definition) is 1. The van der Waals surface area contributed by atoms with Crippen molar-refractivity contribution in [2.45, 2.75) is 24.7 Å². The van der Waals surface area contributed by atoms with Crippen LogP contribution < -0.4 is 5.32 Å². The van der Waals surface area contributed by atoms with Crippen LogP contribution in [0.25, 0.3) is 0 Å². The smallest absolute Gasteiger partial charge is 0.287 e. The van der Waals surface area contributed by atoms with E-state index in [1.54, 1.807) is 0 Å². The molecule has 0 fully saturated rings. The van der Waals surface area contributed by atoms with E-state index in [1.807, 2.05) is 6.92 Å². The van der Waals surface area contributed by atoms with Gasteiger partial charge in [0.1, 0.15) is 4.90 Å². The topological polar surface area (TPSA) is 76.4 Å². The lowest BCUT2D eigenvalue weighted by Crippen LogP contribution is -2.23. The van der Waals surface area contributed by atoms with Crippen LogP contribution in [0, 0.1) is 0 Å². The molecule has 0 spiro atoms. The summed E-state index contributed by atoms with van der Waals surface area (Å²) in [5.41, 5.74) is 0. The van der Waals surface area contributed by atoms with Gasteiger partial charge in [-0.3, -0.25) is 4.79 Å². The molecule has 8 heteroatoms. The van der Waals surface area contributed by atoms with Gasteiger partial charge < -0.3 is 9.73 Å². The number of unbranched alkanes of at least 4 members (excludes halogenated alkanes) is 1. The van der Waals surface area contributed by atoms with Crippen LogP contribution in [0.5, 0.6) is 0 Å². The number of rotatable bonds is 5. The first-order valence-electron chi connectivity index (χ1n) is 4.88. The molecule has 0 aliphatic carbocycles. The van der Waals surface area contributed by atoms with Crippen LogP contribution in [0.4, 0.5) is 0 Å². The zero-order chi connectivity index (χ0) is 13.1.